The van der Waals surface area contributed by atoms with E-state index in [1.807, 2.05) is 0 Å². The predicted molar refractivity (Wildman–Crippen MR) is 78.8 cm³/mol. The van der Waals surface area contributed by atoms with Gasteiger partial charge in [0.1, 0.15) is 5.69 Å². The normalized spacial score (nSPS) is 17.7. The molecule has 2 N–H and O–H groups in total. The maximum Gasteiger partial charge on any atom is 0.270 e. The van der Waals surface area contributed by atoms with Crippen molar-refractivity contribution < 1.29 is 9.90 Å². The number of hydrogen-bond acceptors (Lipinski definition) is 3. The Morgan fingerprint density at radius 2 is 2.20 bits per heavy atom. The van der Waals surface area contributed by atoms with Crippen LogP contribution in [0.5, 0.6) is 0 Å². The summed E-state index contributed by atoms with van der Waals surface area (Å²) in [5.74, 6) is 0.246. The Morgan fingerprint density at radius 3 is 2.85 bits per heavy atom. The largest absolute Gasteiger partial charge is 0.396 e. The van der Waals surface area contributed by atoms with Crippen LogP contribution in [0.15, 0.2) is 18.3 Å². The van der Waals surface area contributed by atoms with Crippen molar-refractivity contribution in [1.29, 1.82) is 0 Å². The smallest absolute Gasteiger partial charge is 0.270 e. The van der Waals surface area contributed by atoms with Crippen LogP contribution in [0.1, 0.15) is 49.0 Å². The van der Waals surface area contributed by atoms with Crippen LogP contribution in [0.4, 0.5) is 0 Å². The molecule has 1 amide bonds. The molecule has 0 saturated heterocycles. The van der Waals surface area contributed by atoms with Gasteiger partial charge in [-0.1, -0.05) is 30.9 Å². The molecule has 0 aliphatic heterocycles. The van der Waals surface area contributed by atoms with E-state index in [1.54, 1.807) is 12.1 Å². The van der Waals surface area contributed by atoms with Gasteiger partial charge in [-0.3, -0.25) is 9.78 Å². The Morgan fingerprint density at radius 1 is 1.45 bits per heavy atom. The minimum atomic E-state index is -0.212. The Bertz CT molecular complexity index is 447. The zero-order valence-electron chi connectivity index (χ0n) is 11.5. The molecule has 0 bridgehead atoms. The van der Waals surface area contributed by atoms with Crippen LogP contribution in [0.3, 0.4) is 0 Å². The third-order valence-corrected chi connectivity index (χ3v) is 4.17. The number of carbonyl (C=O) groups excluding carboxylic acids is 1. The molecule has 1 heterocycles. The topological polar surface area (TPSA) is 62.2 Å². The number of pyridine rings is 1. The summed E-state index contributed by atoms with van der Waals surface area (Å²) in [5.41, 5.74) is 0.330. The molecule has 2 rings (SSSR count). The number of rotatable bonds is 5. The quantitative estimate of drug-likeness (QED) is 0.878. The first-order valence-corrected chi connectivity index (χ1v) is 7.62. The van der Waals surface area contributed by atoms with Gasteiger partial charge in [-0.2, -0.15) is 0 Å². The second kappa shape index (κ2) is 7.60. The highest BCUT2D eigenvalue weighted by Crippen LogP contribution is 2.27. The van der Waals surface area contributed by atoms with E-state index in [1.165, 1.54) is 25.5 Å². The third-order valence-electron chi connectivity index (χ3n) is 3.93. The second-order valence-corrected chi connectivity index (χ2v) is 5.79. The lowest BCUT2D eigenvalue weighted by Gasteiger charge is -2.30. The van der Waals surface area contributed by atoms with Crippen molar-refractivity contribution in [3.8, 4) is 0 Å². The molecule has 1 aromatic rings. The van der Waals surface area contributed by atoms with Crippen molar-refractivity contribution in [2.24, 2.45) is 5.92 Å². The Hall–Kier alpha value is -1.13. The van der Waals surface area contributed by atoms with Crippen LogP contribution in [0.2, 0.25) is 5.02 Å². The summed E-state index contributed by atoms with van der Waals surface area (Å²) in [7, 11) is 0. The molecular formula is C15H21ClN2O2. The first-order chi connectivity index (χ1) is 9.70. The molecule has 5 heteroatoms. The molecule has 0 aromatic carbocycles. The molecule has 1 aromatic heterocycles. The number of nitrogens with zero attached hydrogens (tertiary/aromatic N) is 1. The van der Waals surface area contributed by atoms with Gasteiger partial charge in [0.15, 0.2) is 0 Å². The number of halogens is 1. The zero-order valence-corrected chi connectivity index (χ0v) is 12.3. The Labute approximate surface area is 124 Å². The van der Waals surface area contributed by atoms with Gasteiger partial charge in [-0.05, 0) is 37.3 Å². The third kappa shape index (κ3) is 4.18. The van der Waals surface area contributed by atoms with Gasteiger partial charge >= 0.3 is 0 Å². The molecule has 1 aliphatic carbocycles. The van der Waals surface area contributed by atoms with Gasteiger partial charge in [-0.15, -0.1) is 0 Å². The summed E-state index contributed by atoms with van der Waals surface area (Å²) < 4.78 is 0. The fourth-order valence-electron chi connectivity index (χ4n) is 2.87. The van der Waals surface area contributed by atoms with Gasteiger partial charge in [0.2, 0.25) is 0 Å². The van der Waals surface area contributed by atoms with Crippen molar-refractivity contribution >= 4 is 17.5 Å². The van der Waals surface area contributed by atoms with E-state index in [2.05, 4.69) is 10.3 Å². The van der Waals surface area contributed by atoms with Crippen LogP contribution < -0.4 is 5.32 Å². The van der Waals surface area contributed by atoms with Gasteiger partial charge in [0.25, 0.3) is 5.91 Å². The number of aliphatic hydroxyl groups is 1. The number of hydrogen-bond donors (Lipinski definition) is 2. The van der Waals surface area contributed by atoms with Crippen LogP contribution in [0.25, 0.3) is 0 Å². The van der Waals surface area contributed by atoms with Crippen LogP contribution in [0, 0.1) is 5.92 Å². The van der Waals surface area contributed by atoms with Crippen LogP contribution >= 0.6 is 11.6 Å². The van der Waals surface area contributed by atoms with E-state index in [4.69, 9.17) is 11.6 Å². The van der Waals surface area contributed by atoms with Gasteiger partial charge < -0.3 is 10.4 Å². The van der Waals surface area contributed by atoms with Crippen molar-refractivity contribution in [2.75, 3.05) is 6.61 Å². The van der Waals surface area contributed by atoms with Gasteiger partial charge in [0.05, 0.1) is 0 Å². The summed E-state index contributed by atoms with van der Waals surface area (Å²) >= 11 is 5.88. The molecule has 0 radical (unpaired) electrons. The average molecular weight is 297 g/mol. The van der Waals surface area contributed by atoms with Crippen molar-refractivity contribution in [3.63, 3.8) is 0 Å². The first kappa shape index (κ1) is 15.3. The summed E-state index contributed by atoms with van der Waals surface area (Å²) in [4.78, 5) is 16.2. The number of aliphatic hydroxyl groups excluding tert-OH is 1. The Balaban J connectivity index is 2.01. The lowest BCUT2D eigenvalue weighted by molar-refractivity contribution is 0.0894. The number of nitrogens with one attached hydrogen (secondary N) is 1. The monoisotopic (exact) mass is 296 g/mol. The minimum absolute atomic E-state index is 0.0218. The van der Waals surface area contributed by atoms with E-state index in [9.17, 15) is 9.90 Å². The van der Waals surface area contributed by atoms with Crippen molar-refractivity contribution in [1.82, 2.24) is 10.3 Å². The van der Waals surface area contributed by atoms with Crippen molar-refractivity contribution in [3.05, 3.63) is 29.0 Å². The molecule has 0 spiro atoms. The molecule has 1 unspecified atom stereocenters. The number of amides is 1. The molecule has 20 heavy (non-hydrogen) atoms. The van der Waals surface area contributed by atoms with E-state index in [-0.39, 0.29) is 18.6 Å². The van der Waals surface area contributed by atoms with Crippen LogP contribution in [-0.4, -0.2) is 28.6 Å². The highest BCUT2D eigenvalue weighted by atomic mass is 35.5. The average Bonchev–Trinajstić information content (AvgIpc) is 2.47. The molecule has 1 aliphatic rings. The molecular weight excluding hydrogens is 276 g/mol. The maximum absolute atomic E-state index is 12.2. The van der Waals surface area contributed by atoms with Gasteiger partial charge in [-0.25, -0.2) is 0 Å². The van der Waals surface area contributed by atoms with E-state index >= 15 is 0 Å². The Kier molecular flexibility index (Phi) is 5.80. The van der Waals surface area contributed by atoms with Gasteiger partial charge in [0, 0.05) is 23.9 Å². The zero-order chi connectivity index (χ0) is 14.4. The standard InChI is InChI=1S/C15H21ClN2O2/c16-12-6-8-17-14(10-12)15(20)18-13(7-9-19)11-4-2-1-3-5-11/h6,8,10-11,13,19H,1-5,7,9H2,(H,18,20). The summed E-state index contributed by atoms with van der Waals surface area (Å²) in [6, 6.07) is 3.23. The fraction of sp³-hybridized carbons (Fsp3) is 0.600. The number of carbonyl (C=O) groups is 1. The highest BCUT2D eigenvalue weighted by Gasteiger charge is 2.25. The lowest BCUT2D eigenvalue weighted by atomic mass is 9.82. The molecule has 1 atom stereocenters. The maximum atomic E-state index is 12.2. The first-order valence-electron chi connectivity index (χ1n) is 7.24. The van der Waals surface area contributed by atoms with E-state index in [0.29, 0.717) is 23.1 Å². The predicted octanol–water partition coefficient (Wildman–Crippen LogP) is 2.80. The number of aromatic nitrogens is 1. The lowest BCUT2D eigenvalue weighted by Crippen LogP contribution is -2.42. The van der Waals surface area contributed by atoms with Crippen LogP contribution in [-0.2, 0) is 0 Å². The van der Waals surface area contributed by atoms with Crippen molar-refractivity contribution in [2.45, 2.75) is 44.6 Å². The second-order valence-electron chi connectivity index (χ2n) is 5.35. The molecule has 4 nitrogen and oxygen atoms in total. The SMILES string of the molecule is O=C(NC(CCO)C1CCCCC1)c1cc(Cl)ccn1. The minimum Gasteiger partial charge on any atom is -0.396 e. The fourth-order valence-corrected chi connectivity index (χ4v) is 3.03. The summed E-state index contributed by atoms with van der Waals surface area (Å²) in [6.45, 7) is 0.0877. The molecule has 1 saturated carbocycles. The molecule has 110 valence electrons. The van der Waals surface area contributed by atoms with E-state index < -0.39 is 0 Å². The summed E-state index contributed by atoms with van der Waals surface area (Å²) in [6.07, 6.45) is 8.04. The summed E-state index contributed by atoms with van der Waals surface area (Å²) in [5, 5.41) is 12.7. The van der Waals surface area contributed by atoms with E-state index in [0.717, 1.165) is 12.8 Å². The molecule has 1 fully saturated rings. The highest BCUT2D eigenvalue weighted by molar-refractivity contribution is 6.30.